The second-order valence-electron chi connectivity index (χ2n) is 6.23. The third kappa shape index (κ3) is 3.94. The van der Waals surface area contributed by atoms with Crippen LogP contribution < -0.4 is 5.32 Å². The monoisotopic (exact) mass is 322 g/mol. The Morgan fingerprint density at radius 2 is 2.08 bits per heavy atom. The summed E-state index contributed by atoms with van der Waals surface area (Å²) in [4.78, 5) is 11.4. The number of benzene rings is 1. The van der Waals surface area contributed by atoms with Gasteiger partial charge in [-0.15, -0.1) is 0 Å². The molecular weight excluding hydrogens is 296 g/mol. The van der Waals surface area contributed by atoms with Gasteiger partial charge in [-0.05, 0) is 55.0 Å². The highest BCUT2D eigenvalue weighted by Gasteiger charge is 2.18. The summed E-state index contributed by atoms with van der Waals surface area (Å²) in [5.74, 6) is 1.03. The molecule has 0 saturated heterocycles. The summed E-state index contributed by atoms with van der Waals surface area (Å²) < 4.78 is 0. The van der Waals surface area contributed by atoms with Crippen molar-refractivity contribution in [3.8, 4) is 0 Å². The summed E-state index contributed by atoms with van der Waals surface area (Å²) in [6, 6.07) is 10.8. The molecule has 0 aliphatic carbocycles. The van der Waals surface area contributed by atoms with Gasteiger partial charge in [0.05, 0.1) is 0 Å². The van der Waals surface area contributed by atoms with Crippen LogP contribution in [0.4, 0.5) is 0 Å². The Balaban J connectivity index is 1.67. The molecule has 0 atom stereocenters. The minimum absolute atomic E-state index is 0.797. The van der Waals surface area contributed by atoms with Gasteiger partial charge in [-0.3, -0.25) is 9.98 Å². The van der Waals surface area contributed by atoms with Crippen molar-refractivity contribution in [1.29, 1.82) is 0 Å². The first kappa shape index (κ1) is 16.5. The molecule has 0 amide bonds. The van der Waals surface area contributed by atoms with Gasteiger partial charge in [0, 0.05) is 38.6 Å². The lowest BCUT2D eigenvalue weighted by molar-refractivity contribution is 0.379. The molecule has 0 unspecified atom stereocenters. The lowest BCUT2D eigenvalue weighted by Gasteiger charge is -2.31. The number of nitrogens with one attached hydrogen (secondary N) is 1. The van der Waals surface area contributed by atoms with E-state index < -0.39 is 0 Å². The van der Waals surface area contributed by atoms with Crippen molar-refractivity contribution >= 4 is 5.96 Å². The van der Waals surface area contributed by atoms with Gasteiger partial charge < -0.3 is 10.2 Å². The molecule has 0 spiro atoms. The summed E-state index contributed by atoms with van der Waals surface area (Å²) in [6.07, 6.45) is 5.82. The molecule has 2 aromatic rings. The second kappa shape index (κ2) is 7.95. The van der Waals surface area contributed by atoms with E-state index in [1.165, 1.54) is 22.3 Å². The van der Waals surface area contributed by atoms with Crippen LogP contribution in [-0.4, -0.2) is 35.5 Å². The van der Waals surface area contributed by atoms with Gasteiger partial charge in [-0.25, -0.2) is 0 Å². The highest BCUT2D eigenvalue weighted by atomic mass is 15.3. The van der Waals surface area contributed by atoms with Gasteiger partial charge in [-0.1, -0.05) is 24.3 Å². The maximum Gasteiger partial charge on any atom is 0.194 e. The van der Waals surface area contributed by atoms with Gasteiger partial charge in [0.2, 0.25) is 0 Å². The van der Waals surface area contributed by atoms with Gasteiger partial charge >= 0.3 is 0 Å². The number of aromatic nitrogens is 1. The number of pyridine rings is 1. The average Bonchev–Trinajstić information content (AvgIpc) is 2.62. The first-order valence-electron chi connectivity index (χ1n) is 8.77. The van der Waals surface area contributed by atoms with Gasteiger partial charge in [0.25, 0.3) is 0 Å². The number of hydrogen-bond donors (Lipinski definition) is 1. The minimum Gasteiger partial charge on any atom is -0.357 e. The molecule has 1 aliphatic rings. The van der Waals surface area contributed by atoms with Crippen LogP contribution in [0.2, 0.25) is 0 Å². The SMILES string of the molecule is CCNC(=NCCc1ccncc1C)N1CCc2ccccc2C1. The predicted molar refractivity (Wildman–Crippen MR) is 99.2 cm³/mol. The molecule has 1 aromatic carbocycles. The zero-order valence-corrected chi connectivity index (χ0v) is 14.6. The second-order valence-corrected chi connectivity index (χ2v) is 6.23. The maximum atomic E-state index is 4.86. The Bertz CT molecular complexity index is 708. The van der Waals surface area contributed by atoms with Crippen molar-refractivity contribution in [2.75, 3.05) is 19.6 Å². The number of hydrogen-bond acceptors (Lipinski definition) is 2. The molecule has 3 rings (SSSR count). The van der Waals surface area contributed by atoms with Gasteiger partial charge in [-0.2, -0.15) is 0 Å². The van der Waals surface area contributed by atoms with E-state index >= 15 is 0 Å². The normalized spacial score (nSPS) is 14.4. The van der Waals surface area contributed by atoms with Crippen molar-refractivity contribution in [2.24, 2.45) is 4.99 Å². The zero-order valence-electron chi connectivity index (χ0n) is 14.6. The van der Waals surface area contributed by atoms with Crippen LogP contribution in [0.1, 0.15) is 29.2 Å². The van der Waals surface area contributed by atoms with E-state index in [-0.39, 0.29) is 0 Å². The predicted octanol–water partition coefficient (Wildman–Crippen LogP) is 2.96. The minimum atomic E-state index is 0.797. The molecular formula is C20H26N4. The Labute approximate surface area is 144 Å². The highest BCUT2D eigenvalue weighted by Crippen LogP contribution is 2.18. The lowest BCUT2D eigenvalue weighted by atomic mass is 10.0. The van der Waals surface area contributed by atoms with Crippen molar-refractivity contribution in [1.82, 2.24) is 15.2 Å². The molecule has 0 bridgehead atoms. The van der Waals surface area contributed by atoms with Crippen LogP contribution in [0.3, 0.4) is 0 Å². The number of nitrogens with zero attached hydrogens (tertiary/aromatic N) is 3. The quantitative estimate of drug-likeness (QED) is 0.695. The van der Waals surface area contributed by atoms with E-state index in [2.05, 4.69) is 59.4 Å². The zero-order chi connectivity index (χ0) is 16.8. The van der Waals surface area contributed by atoms with E-state index in [4.69, 9.17) is 4.99 Å². The number of fused-ring (bicyclic) bond motifs is 1. The first-order valence-corrected chi connectivity index (χ1v) is 8.77. The summed E-state index contributed by atoms with van der Waals surface area (Å²) in [5.41, 5.74) is 5.45. The van der Waals surface area contributed by atoms with E-state index in [0.29, 0.717) is 0 Å². The fraction of sp³-hybridized carbons (Fsp3) is 0.400. The van der Waals surface area contributed by atoms with Crippen molar-refractivity contribution < 1.29 is 0 Å². The molecule has 0 saturated carbocycles. The highest BCUT2D eigenvalue weighted by molar-refractivity contribution is 5.80. The first-order chi connectivity index (χ1) is 11.8. The fourth-order valence-electron chi connectivity index (χ4n) is 3.17. The third-order valence-corrected chi connectivity index (χ3v) is 4.54. The third-order valence-electron chi connectivity index (χ3n) is 4.54. The molecule has 4 nitrogen and oxygen atoms in total. The lowest BCUT2D eigenvalue weighted by Crippen LogP contribution is -2.44. The molecule has 4 heteroatoms. The van der Waals surface area contributed by atoms with Crippen LogP contribution in [0, 0.1) is 6.92 Å². The van der Waals surface area contributed by atoms with Crippen LogP contribution in [0.25, 0.3) is 0 Å². The standard InChI is InChI=1S/C20H26N4/c1-3-22-20(23-12-9-17-8-11-21-14-16(17)2)24-13-10-18-6-4-5-7-19(18)15-24/h4-8,11,14H,3,9-10,12-13,15H2,1-2H3,(H,22,23). The number of guanidine groups is 1. The Morgan fingerprint density at radius 3 is 2.88 bits per heavy atom. The Hall–Kier alpha value is -2.36. The van der Waals surface area contributed by atoms with Crippen LogP contribution >= 0.6 is 0 Å². The average molecular weight is 322 g/mol. The van der Waals surface area contributed by atoms with Gasteiger partial charge in [0.15, 0.2) is 5.96 Å². The topological polar surface area (TPSA) is 40.5 Å². The van der Waals surface area contributed by atoms with Crippen molar-refractivity contribution in [3.63, 3.8) is 0 Å². The Kier molecular flexibility index (Phi) is 5.47. The molecule has 0 fully saturated rings. The van der Waals surface area contributed by atoms with Crippen molar-refractivity contribution in [3.05, 3.63) is 65.0 Å². The summed E-state index contributed by atoms with van der Waals surface area (Å²) in [6.45, 7) is 7.89. The number of rotatable bonds is 4. The van der Waals surface area contributed by atoms with Crippen LogP contribution in [-0.2, 0) is 19.4 Å². The number of aryl methyl sites for hydroxylation is 1. The fourth-order valence-corrected chi connectivity index (χ4v) is 3.17. The molecule has 1 N–H and O–H groups in total. The summed E-state index contributed by atoms with van der Waals surface area (Å²) in [5, 5.41) is 3.45. The summed E-state index contributed by atoms with van der Waals surface area (Å²) in [7, 11) is 0. The smallest absolute Gasteiger partial charge is 0.194 e. The largest absolute Gasteiger partial charge is 0.357 e. The molecule has 126 valence electrons. The molecule has 2 heterocycles. The maximum absolute atomic E-state index is 4.86. The number of aliphatic imine (C=N–C) groups is 1. The molecule has 0 radical (unpaired) electrons. The molecule has 1 aliphatic heterocycles. The van der Waals surface area contributed by atoms with E-state index in [0.717, 1.165) is 45.0 Å². The van der Waals surface area contributed by atoms with E-state index in [1.807, 2.05) is 12.4 Å². The van der Waals surface area contributed by atoms with E-state index in [9.17, 15) is 0 Å². The summed E-state index contributed by atoms with van der Waals surface area (Å²) >= 11 is 0. The van der Waals surface area contributed by atoms with E-state index in [1.54, 1.807) is 0 Å². The Morgan fingerprint density at radius 1 is 1.25 bits per heavy atom. The van der Waals surface area contributed by atoms with Crippen molar-refractivity contribution in [2.45, 2.75) is 33.2 Å². The van der Waals surface area contributed by atoms with Crippen LogP contribution in [0.15, 0.2) is 47.7 Å². The van der Waals surface area contributed by atoms with Gasteiger partial charge in [0.1, 0.15) is 0 Å². The molecule has 24 heavy (non-hydrogen) atoms. The molecule has 1 aromatic heterocycles. The van der Waals surface area contributed by atoms with Crippen LogP contribution in [0.5, 0.6) is 0 Å².